The van der Waals surface area contributed by atoms with Gasteiger partial charge in [-0.3, -0.25) is 0 Å². The number of hydrogen-bond donors (Lipinski definition) is 2. The molecule has 170 valence electrons. The van der Waals surface area contributed by atoms with Gasteiger partial charge in [-0.05, 0) is 62.1 Å². The van der Waals surface area contributed by atoms with Crippen LogP contribution in [-0.4, -0.2) is 22.4 Å². The van der Waals surface area contributed by atoms with Crippen LogP contribution >= 0.6 is 0 Å². The molecule has 0 unspecified atom stereocenters. The van der Waals surface area contributed by atoms with Gasteiger partial charge in [-0.25, -0.2) is 4.98 Å². The summed E-state index contributed by atoms with van der Waals surface area (Å²) in [6.45, 7) is 10.3. The van der Waals surface area contributed by atoms with E-state index in [1.165, 1.54) is 23.8 Å². The zero-order valence-corrected chi connectivity index (χ0v) is 18.7. The third kappa shape index (κ3) is 6.35. The number of nitrogens with zero attached hydrogens (tertiary/aromatic N) is 2. The number of nitrogens with one attached hydrogen (secondary N) is 2. The molecule has 0 aliphatic heterocycles. The van der Waals surface area contributed by atoms with Gasteiger partial charge in [0.05, 0.1) is 5.69 Å². The van der Waals surface area contributed by atoms with Crippen LogP contribution < -0.4 is 15.4 Å². The number of benzene rings is 2. The molecular formula is C24H27F3N4O. The molecule has 3 rings (SSSR count). The fourth-order valence-corrected chi connectivity index (χ4v) is 3.38. The van der Waals surface area contributed by atoms with Crippen LogP contribution in [0.4, 0.5) is 30.6 Å². The number of anilines is 3. The Balaban J connectivity index is 1.97. The average Bonchev–Trinajstić information content (AvgIpc) is 2.66. The van der Waals surface area contributed by atoms with Crippen molar-refractivity contribution in [1.29, 1.82) is 0 Å². The molecule has 0 fully saturated rings. The molecule has 0 saturated heterocycles. The quantitative estimate of drug-likeness (QED) is 0.409. The molecule has 2 aromatic carbocycles. The SMILES string of the molecule is Cc1cc(Nc2cc(-c3cccc(OC(F)(F)F)c3)nc(NC(C)C)n2)ccc1C(C)C. The summed E-state index contributed by atoms with van der Waals surface area (Å²) in [6.07, 6.45) is -4.76. The summed E-state index contributed by atoms with van der Waals surface area (Å²) < 4.78 is 42.0. The van der Waals surface area contributed by atoms with Gasteiger partial charge in [0.15, 0.2) is 0 Å². The molecule has 0 aliphatic rings. The minimum absolute atomic E-state index is 0.0746. The zero-order chi connectivity index (χ0) is 23.5. The lowest BCUT2D eigenvalue weighted by molar-refractivity contribution is -0.274. The number of ether oxygens (including phenoxy) is 1. The van der Waals surface area contributed by atoms with Crippen LogP contribution in [0.25, 0.3) is 11.3 Å². The summed E-state index contributed by atoms with van der Waals surface area (Å²) in [5.74, 6) is 1.01. The highest BCUT2D eigenvalue weighted by Gasteiger charge is 2.31. The standard InChI is InChI=1S/C24H27F3N4O/c1-14(2)20-10-9-18(11-16(20)5)29-22-13-21(30-23(31-22)28-15(3)4)17-7-6-8-19(12-17)32-24(25,26)27/h6-15H,1-5H3,(H2,28,29,30,31). The van der Waals surface area contributed by atoms with Gasteiger partial charge in [-0.2, -0.15) is 4.98 Å². The second-order valence-corrected chi connectivity index (χ2v) is 8.19. The lowest BCUT2D eigenvalue weighted by Gasteiger charge is -2.15. The highest BCUT2D eigenvalue weighted by molar-refractivity contribution is 5.68. The van der Waals surface area contributed by atoms with Gasteiger partial charge in [0, 0.05) is 23.4 Å². The number of hydrogen-bond acceptors (Lipinski definition) is 5. The van der Waals surface area contributed by atoms with Crippen molar-refractivity contribution < 1.29 is 17.9 Å². The summed E-state index contributed by atoms with van der Waals surface area (Å²) in [5.41, 5.74) is 4.24. The van der Waals surface area contributed by atoms with Crippen molar-refractivity contribution >= 4 is 17.5 Å². The predicted molar refractivity (Wildman–Crippen MR) is 121 cm³/mol. The molecule has 2 N–H and O–H groups in total. The van der Waals surface area contributed by atoms with E-state index >= 15 is 0 Å². The van der Waals surface area contributed by atoms with Crippen LogP contribution in [-0.2, 0) is 0 Å². The number of aromatic nitrogens is 2. The van der Waals surface area contributed by atoms with Crippen LogP contribution in [0.1, 0.15) is 44.7 Å². The molecule has 0 amide bonds. The number of alkyl halides is 3. The third-order valence-corrected chi connectivity index (χ3v) is 4.67. The first kappa shape index (κ1) is 23.4. The van der Waals surface area contributed by atoms with E-state index in [0.29, 0.717) is 28.9 Å². The smallest absolute Gasteiger partial charge is 0.406 e. The van der Waals surface area contributed by atoms with Gasteiger partial charge in [0.2, 0.25) is 5.95 Å². The maximum Gasteiger partial charge on any atom is 0.573 e. The molecule has 1 aromatic heterocycles. The van der Waals surface area contributed by atoms with Crippen LogP contribution in [0.2, 0.25) is 0 Å². The Hall–Kier alpha value is -3.29. The topological polar surface area (TPSA) is 59.1 Å². The van der Waals surface area contributed by atoms with Gasteiger partial charge < -0.3 is 15.4 Å². The largest absolute Gasteiger partial charge is 0.573 e. The van der Waals surface area contributed by atoms with E-state index in [9.17, 15) is 13.2 Å². The van der Waals surface area contributed by atoms with Crippen molar-refractivity contribution in [2.24, 2.45) is 0 Å². The van der Waals surface area contributed by atoms with Crippen molar-refractivity contribution in [3.8, 4) is 17.0 Å². The molecule has 3 aromatic rings. The summed E-state index contributed by atoms with van der Waals surface area (Å²) >= 11 is 0. The molecule has 0 atom stereocenters. The molecule has 0 spiro atoms. The summed E-state index contributed by atoms with van der Waals surface area (Å²) in [6, 6.07) is 13.6. The lowest BCUT2D eigenvalue weighted by Crippen LogP contribution is -2.17. The fourth-order valence-electron chi connectivity index (χ4n) is 3.38. The molecule has 0 radical (unpaired) electrons. The monoisotopic (exact) mass is 444 g/mol. The van der Waals surface area contributed by atoms with Crippen LogP contribution in [0.3, 0.4) is 0 Å². The molecule has 0 saturated carbocycles. The maximum atomic E-state index is 12.6. The summed E-state index contributed by atoms with van der Waals surface area (Å²) in [5, 5.41) is 6.44. The minimum atomic E-state index is -4.76. The van der Waals surface area contributed by atoms with Crippen molar-refractivity contribution in [3.63, 3.8) is 0 Å². The van der Waals surface area contributed by atoms with E-state index in [1.807, 2.05) is 26.0 Å². The van der Waals surface area contributed by atoms with Gasteiger partial charge in [-0.1, -0.05) is 32.0 Å². The average molecular weight is 445 g/mol. The van der Waals surface area contributed by atoms with Crippen molar-refractivity contribution in [1.82, 2.24) is 9.97 Å². The van der Waals surface area contributed by atoms with Crippen LogP contribution in [0, 0.1) is 6.92 Å². The van der Waals surface area contributed by atoms with Crippen molar-refractivity contribution in [2.75, 3.05) is 10.6 Å². The molecule has 1 heterocycles. The summed E-state index contributed by atoms with van der Waals surface area (Å²) in [4.78, 5) is 9.00. The molecule has 8 heteroatoms. The van der Waals surface area contributed by atoms with Crippen LogP contribution in [0.5, 0.6) is 5.75 Å². The lowest BCUT2D eigenvalue weighted by atomic mass is 9.98. The normalized spacial score (nSPS) is 11.7. The first-order valence-electron chi connectivity index (χ1n) is 10.4. The van der Waals surface area contributed by atoms with E-state index in [-0.39, 0.29) is 11.8 Å². The molecule has 0 bridgehead atoms. The van der Waals surface area contributed by atoms with Crippen molar-refractivity contribution in [3.05, 3.63) is 59.7 Å². The van der Waals surface area contributed by atoms with Crippen molar-refractivity contribution in [2.45, 2.75) is 52.9 Å². The van der Waals surface area contributed by atoms with Gasteiger partial charge in [-0.15, -0.1) is 13.2 Å². The maximum absolute atomic E-state index is 12.6. The molecule has 32 heavy (non-hydrogen) atoms. The fraction of sp³-hybridized carbons (Fsp3) is 0.333. The van der Waals surface area contributed by atoms with Gasteiger partial charge in [0.25, 0.3) is 0 Å². The van der Waals surface area contributed by atoms with E-state index in [2.05, 4.69) is 52.2 Å². The molecule has 5 nitrogen and oxygen atoms in total. The highest BCUT2D eigenvalue weighted by atomic mass is 19.4. The van der Waals surface area contributed by atoms with E-state index < -0.39 is 6.36 Å². The zero-order valence-electron chi connectivity index (χ0n) is 18.7. The summed E-state index contributed by atoms with van der Waals surface area (Å²) in [7, 11) is 0. The number of aryl methyl sites for hydroxylation is 1. The Labute approximate surface area is 186 Å². The highest BCUT2D eigenvalue weighted by Crippen LogP contribution is 2.30. The second-order valence-electron chi connectivity index (χ2n) is 8.19. The van der Waals surface area contributed by atoms with E-state index in [1.54, 1.807) is 12.1 Å². The second kappa shape index (κ2) is 9.46. The first-order valence-corrected chi connectivity index (χ1v) is 10.4. The van der Waals surface area contributed by atoms with E-state index in [0.717, 1.165) is 11.3 Å². The Kier molecular flexibility index (Phi) is 6.91. The van der Waals surface area contributed by atoms with Gasteiger partial charge >= 0.3 is 6.36 Å². The molecule has 0 aliphatic carbocycles. The number of rotatable bonds is 7. The molecular weight excluding hydrogens is 417 g/mol. The Morgan fingerprint density at radius 1 is 0.938 bits per heavy atom. The third-order valence-electron chi connectivity index (χ3n) is 4.67. The Morgan fingerprint density at radius 2 is 1.69 bits per heavy atom. The van der Waals surface area contributed by atoms with Crippen LogP contribution in [0.15, 0.2) is 48.5 Å². The number of halogens is 3. The minimum Gasteiger partial charge on any atom is -0.406 e. The Bertz CT molecular complexity index is 1080. The van der Waals surface area contributed by atoms with E-state index in [4.69, 9.17) is 0 Å². The predicted octanol–water partition coefficient (Wildman–Crippen LogP) is 7.04. The first-order chi connectivity index (χ1) is 15.0. The van der Waals surface area contributed by atoms with Gasteiger partial charge in [0.1, 0.15) is 11.6 Å². The Morgan fingerprint density at radius 3 is 2.31 bits per heavy atom.